The van der Waals surface area contributed by atoms with Crippen molar-refractivity contribution in [1.29, 1.82) is 0 Å². The maximum atomic E-state index is 13.3. The molecule has 2 unspecified atom stereocenters. The van der Waals surface area contributed by atoms with E-state index in [0.29, 0.717) is 12.8 Å². The fraction of sp³-hybridized carbons (Fsp3) is 0.250. The van der Waals surface area contributed by atoms with Gasteiger partial charge in [0.15, 0.2) is 9.84 Å². The average Bonchev–Trinajstić information content (AvgIpc) is 2.47. The van der Waals surface area contributed by atoms with E-state index < -0.39 is 26.9 Å². The number of sulfone groups is 1. The molecule has 2 aromatic carbocycles. The van der Waals surface area contributed by atoms with Crippen molar-refractivity contribution in [2.45, 2.75) is 29.0 Å². The van der Waals surface area contributed by atoms with E-state index in [-0.39, 0.29) is 4.90 Å². The molecular weight excluding hydrogens is 289 g/mol. The first kappa shape index (κ1) is 14.2. The van der Waals surface area contributed by atoms with E-state index in [4.69, 9.17) is 5.73 Å². The topological polar surface area (TPSA) is 60.2 Å². The van der Waals surface area contributed by atoms with Crippen LogP contribution in [0, 0.1) is 5.82 Å². The van der Waals surface area contributed by atoms with Gasteiger partial charge in [0.2, 0.25) is 0 Å². The van der Waals surface area contributed by atoms with Crippen molar-refractivity contribution in [3.63, 3.8) is 0 Å². The van der Waals surface area contributed by atoms with Crippen molar-refractivity contribution in [3.05, 3.63) is 65.5 Å². The van der Waals surface area contributed by atoms with E-state index in [1.54, 1.807) is 0 Å². The Balaban J connectivity index is 2.02. The predicted molar refractivity (Wildman–Crippen MR) is 79.1 cm³/mol. The molecule has 110 valence electrons. The van der Waals surface area contributed by atoms with E-state index in [1.807, 2.05) is 24.3 Å². The van der Waals surface area contributed by atoms with E-state index >= 15 is 0 Å². The molecule has 0 bridgehead atoms. The van der Waals surface area contributed by atoms with Gasteiger partial charge in [-0.25, -0.2) is 12.8 Å². The summed E-state index contributed by atoms with van der Waals surface area (Å²) in [6, 6.07) is 12.2. The number of nitrogens with two attached hydrogens (primary N) is 1. The highest BCUT2D eigenvalue weighted by atomic mass is 32.2. The smallest absolute Gasteiger partial charge is 0.183 e. The van der Waals surface area contributed by atoms with E-state index in [1.165, 1.54) is 18.2 Å². The van der Waals surface area contributed by atoms with Crippen LogP contribution in [0.25, 0.3) is 0 Å². The van der Waals surface area contributed by atoms with Gasteiger partial charge < -0.3 is 5.73 Å². The summed E-state index contributed by atoms with van der Waals surface area (Å²) < 4.78 is 38.7. The molecule has 0 saturated carbocycles. The standard InChI is InChI=1S/C16H16FNO2S/c17-12-5-3-6-13(10-12)21(19,20)15-9-8-11-4-1-2-7-14(11)16(15)18/h1-7,10,15-16H,8-9,18H2. The monoisotopic (exact) mass is 305 g/mol. The van der Waals surface area contributed by atoms with Crippen molar-refractivity contribution < 1.29 is 12.8 Å². The second-order valence-corrected chi connectivity index (χ2v) is 7.47. The second kappa shape index (κ2) is 5.24. The molecule has 0 aliphatic heterocycles. The van der Waals surface area contributed by atoms with Gasteiger partial charge in [-0.1, -0.05) is 30.3 Å². The molecule has 0 fully saturated rings. The van der Waals surface area contributed by atoms with Crippen LogP contribution in [0.3, 0.4) is 0 Å². The summed E-state index contributed by atoms with van der Waals surface area (Å²) in [6.45, 7) is 0. The second-order valence-electron chi connectivity index (χ2n) is 5.30. The number of hydrogen-bond donors (Lipinski definition) is 1. The van der Waals surface area contributed by atoms with Crippen LogP contribution in [0.15, 0.2) is 53.4 Å². The lowest BCUT2D eigenvalue weighted by molar-refractivity contribution is 0.520. The third-order valence-electron chi connectivity index (χ3n) is 4.04. The molecule has 2 atom stereocenters. The Hall–Kier alpha value is -1.72. The Labute approximate surface area is 123 Å². The van der Waals surface area contributed by atoms with Crippen molar-refractivity contribution in [1.82, 2.24) is 0 Å². The number of aryl methyl sites for hydroxylation is 1. The molecule has 2 aromatic rings. The quantitative estimate of drug-likeness (QED) is 0.928. The highest BCUT2D eigenvalue weighted by molar-refractivity contribution is 7.92. The third kappa shape index (κ3) is 2.47. The molecule has 0 spiro atoms. The van der Waals surface area contributed by atoms with Crippen molar-refractivity contribution >= 4 is 9.84 Å². The minimum absolute atomic E-state index is 0.00216. The molecule has 0 saturated heterocycles. The summed E-state index contributed by atoms with van der Waals surface area (Å²) >= 11 is 0. The molecule has 0 aromatic heterocycles. The Morgan fingerprint density at radius 3 is 2.62 bits per heavy atom. The molecule has 1 aliphatic carbocycles. The Bertz CT molecular complexity index is 773. The van der Waals surface area contributed by atoms with Gasteiger partial charge in [-0.15, -0.1) is 0 Å². The number of fused-ring (bicyclic) bond motifs is 1. The highest BCUT2D eigenvalue weighted by Gasteiger charge is 2.37. The van der Waals surface area contributed by atoms with Crippen molar-refractivity contribution in [3.8, 4) is 0 Å². The van der Waals surface area contributed by atoms with Crippen molar-refractivity contribution in [2.24, 2.45) is 5.73 Å². The molecule has 3 rings (SSSR count). The molecule has 2 N–H and O–H groups in total. The number of halogens is 1. The first-order chi connectivity index (χ1) is 10.00. The summed E-state index contributed by atoms with van der Waals surface area (Å²) in [6.07, 6.45) is 1.13. The average molecular weight is 305 g/mol. The van der Waals surface area contributed by atoms with Crippen LogP contribution in [-0.4, -0.2) is 13.7 Å². The minimum atomic E-state index is -3.64. The van der Waals surface area contributed by atoms with Gasteiger partial charge >= 0.3 is 0 Å². The normalized spacial score (nSPS) is 21.8. The van der Waals surface area contributed by atoms with E-state index in [9.17, 15) is 12.8 Å². The Kier molecular flexibility index (Phi) is 3.55. The summed E-state index contributed by atoms with van der Waals surface area (Å²) in [5.41, 5.74) is 8.14. The largest absolute Gasteiger partial charge is 0.323 e. The van der Waals surface area contributed by atoms with Crippen LogP contribution in [0.2, 0.25) is 0 Å². The van der Waals surface area contributed by atoms with Gasteiger partial charge in [-0.05, 0) is 42.2 Å². The van der Waals surface area contributed by atoms with Crippen molar-refractivity contribution in [2.75, 3.05) is 0 Å². The van der Waals surface area contributed by atoms with Crippen LogP contribution in [0.1, 0.15) is 23.6 Å². The maximum absolute atomic E-state index is 13.3. The van der Waals surface area contributed by atoms with Gasteiger partial charge in [-0.3, -0.25) is 0 Å². The number of benzene rings is 2. The van der Waals surface area contributed by atoms with Crippen LogP contribution in [0.5, 0.6) is 0 Å². The lowest BCUT2D eigenvalue weighted by Crippen LogP contribution is -2.37. The Morgan fingerprint density at radius 1 is 1.10 bits per heavy atom. The summed E-state index contributed by atoms with van der Waals surface area (Å²) in [7, 11) is -3.64. The first-order valence-corrected chi connectivity index (χ1v) is 8.37. The zero-order valence-corrected chi connectivity index (χ0v) is 12.2. The lowest BCUT2D eigenvalue weighted by atomic mass is 9.88. The van der Waals surface area contributed by atoms with Crippen LogP contribution in [-0.2, 0) is 16.3 Å². The van der Waals surface area contributed by atoms with Crippen LogP contribution < -0.4 is 5.73 Å². The molecule has 21 heavy (non-hydrogen) atoms. The van der Waals surface area contributed by atoms with Gasteiger partial charge in [0.1, 0.15) is 5.82 Å². The molecule has 0 amide bonds. The van der Waals surface area contributed by atoms with E-state index in [2.05, 4.69) is 0 Å². The SMILES string of the molecule is NC1c2ccccc2CCC1S(=O)(=O)c1cccc(F)c1. The van der Waals surface area contributed by atoms with Gasteiger partial charge in [0.25, 0.3) is 0 Å². The predicted octanol–water partition coefficient (Wildman–Crippen LogP) is 2.61. The third-order valence-corrected chi connectivity index (χ3v) is 6.27. The fourth-order valence-electron chi connectivity index (χ4n) is 2.93. The molecule has 3 nitrogen and oxygen atoms in total. The number of rotatable bonds is 2. The first-order valence-electron chi connectivity index (χ1n) is 6.83. The molecular formula is C16H16FNO2S. The Morgan fingerprint density at radius 2 is 1.86 bits per heavy atom. The summed E-state index contributed by atoms with van der Waals surface area (Å²) in [5, 5.41) is -0.714. The minimum Gasteiger partial charge on any atom is -0.323 e. The molecule has 0 heterocycles. The zero-order chi connectivity index (χ0) is 15.0. The summed E-state index contributed by atoms with van der Waals surface area (Å²) in [4.78, 5) is 0.00216. The zero-order valence-electron chi connectivity index (χ0n) is 11.4. The number of hydrogen-bond acceptors (Lipinski definition) is 3. The lowest BCUT2D eigenvalue weighted by Gasteiger charge is -2.30. The van der Waals surface area contributed by atoms with Crippen LogP contribution >= 0.6 is 0 Å². The highest BCUT2D eigenvalue weighted by Crippen LogP contribution is 2.35. The maximum Gasteiger partial charge on any atom is 0.183 e. The molecule has 5 heteroatoms. The van der Waals surface area contributed by atoms with Gasteiger partial charge in [0, 0.05) is 6.04 Å². The summed E-state index contributed by atoms with van der Waals surface area (Å²) in [5.74, 6) is -0.555. The van der Waals surface area contributed by atoms with Gasteiger partial charge in [0.05, 0.1) is 10.1 Å². The molecule has 1 aliphatic rings. The molecule has 0 radical (unpaired) electrons. The van der Waals surface area contributed by atoms with Gasteiger partial charge in [-0.2, -0.15) is 0 Å². The van der Waals surface area contributed by atoms with E-state index in [0.717, 1.165) is 17.2 Å². The van der Waals surface area contributed by atoms with Crippen LogP contribution in [0.4, 0.5) is 4.39 Å². The fourth-order valence-corrected chi connectivity index (χ4v) is 4.79.